The summed E-state index contributed by atoms with van der Waals surface area (Å²) < 4.78 is 2.64. The number of quaternary nitrogens is 2. The number of hydrogen-bond donors (Lipinski definition) is 3. The minimum Gasteiger partial charge on any atom is -0.322 e. The van der Waals surface area contributed by atoms with Gasteiger partial charge in [0.1, 0.15) is 32.7 Å². The van der Waals surface area contributed by atoms with Crippen molar-refractivity contribution < 1.29 is 9.80 Å². The van der Waals surface area contributed by atoms with Crippen molar-refractivity contribution in [3.63, 3.8) is 0 Å². The summed E-state index contributed by atoms with van der Waals surface area (Å²) in [6.45, 7) is 6.46. The zero-order chi connectivity index (χ0) is 17.9. The molecule has 0 bridgehead atoms. The fraction of sp³-hybridized carbons (Fsp3) is 0.333. The number of rotatable bonds is 5. The second kappa shape index (κ2) is 8.02. The zero-order valence-electron chi connectivity index (χ0n) is 14.4. The average Bonchev–Trinajstić information content (AvgIpc) is 3.27. The molecule has 0 radical (unpaired) electrons. The van der Waals surface area contributed by atoms with Gasteiger partial charge >= 0.3 is 0 Å². The summed E-state index contributed by atoms with van der Waals surface area (Å²) in [5, 5.41) is 6.23. The first-order valence-electron chi connectivity index (χ1n) is 8.80. The fourth-order valence-corrected chi connectivity index (χ4v) is 4.52. The molecule has 5 nitrogen and oxygen atoms in total. The Balaban J connectivity index is 1.33. The molecule has 3 N–H and O–H groups in total. The fourth-order valence-electron chi connectivity index (χ4n) is 3.44. The Morgan fingerprint density at radius 1 is 1.15 bits per heavy atom. The van der Waals surface area contributed by atoms with Gasteiger partial charge in [0.2, 0.25) is 4.77 Å². The Morgan fingerprint density at radius 2 is 1.96 bits per heavy atom. The summed E-state index contributed by atoms with van der Waals surface area (Å²) in [6.07, 6.45) is 0. The lowest BCUT2D eigenvalue weighted by Gasteiger charge is -2.29. The molecule has 1 aromatic carbocycles. The van der Waals surface area contributed by atoms with Crippen molar-refractivity contribution in [2.24, 2.45) is 0 Å². The monoisotopic (exact) mass is 407 g/mol. The van der Waals surface area contributed by atoms with Crippen molar-refractivity contribution in [1.29, 1.82) is 0 Å². The van der Waals surface area contributed by atoms with Crippen molar-refractivity contribution in [1.82, 2.24) is 14.8 Å². The van der Waals surface area contributed by atoms with E-state index in [2.05, 4.69) is 33.7 Å². The molecule has 3 heterocycles. The number of piperazine rings is 1. The molecule has 1 aliphatic heterocycles. The third-order valence-corrected chi connectivity index (χ3v) is 6.25. The number of nitrogens with one attached hydrogen (secondary N) is 3. The van der Waals surface area contributed by atoms with E-state index in [0.717, 1.165) is 55.1 Å². The molecule has 0 spiro atoms. The molecule has 1 saturated heterocycles. The normalized spacial score (nSPS) is 20.3. The maximum atomic E-state index is 6.10. The Kier molecular flexibility index (Phi) is 5.52. The number of H-pyrrole nitrogens is 1. The lowest BCUT2D eigenvalue weighted by molar-refractivity contribution is -1.03. The van der Waals surface area contributed by atoms with Crippen LogP contribution in [0, 0.1) is 4.77 Å². The number of nitrogens with zero attached hydrogens (tertiary/aromatic N) is 2. The van der Waals surface area contributed by atoms with Gasteiger partial charge in [-0.05, 0) is 35.8 Å². The van der Waals surface area contributed by atoms with E-state index in [1.807, 2.05) is 22.9 Å². The highest BCUT2D eigenvalue weighted by Gasteiger charge is 2.23. The molecular weight excluding hydrogens is 386 g/mol. The average molecular weight is 408 g/mol. The SMILES string of the molecule is S=c1nc(-c2cccs2)[nH]n1C[NH+]1CC[NH+](Cc2cccc(Cl)c2)CC1. The number of benzene rings is 1. The molecule has 2 aromatic heterocycles. The molecule has 0 atom stereocenters. The van der Waals surface area contributed by atoms with Gasteiger partial charge < -0.3 is 9.80 Å². The summed E-state index contributed by atoms with van der Waals surface area (Å²) in [5.41, 5.74) is 1.31. The summed E-state index contributed by atoms with van der Waals surface area (Å²) in [5.74, 6) is 0.870. The van der Waals surface area contributed by atoms with Crippen LogP contribution < -0.4 is 9.80 Å². The molecule has 0 aliphatic carbocycles. The second-order valence-corrected chi connectivity index (χ2v) is 8.47. The number of halogens is 1. The van der Waals surface area contributed by atoms with Gasteiger partial charge in [-0.1, -0.05) is 29.8 Å². The largest absolute Gasteiger partial charge is 0.322 e. The van der Waals surface area contributed by atoms with Gasteiger partial charge in [-0.2, -0.15) is 4.98 Å². The van der Waals surface area contributed by atoms with Crippen LogP contribution >= 0.6 is 35.2 Å². The first-order valence-corrected chi connectivity index (χ1v) is 10.5. The Morgan fingerprint density at radius 3 is 2.69 bits per heavy atom. The van der Waals surface area contributed by atoms with Crippen LogP contribution in [0.4, 0.5) is 0 Å². The van der Waals surface area contributed by atoms with Crippen LogP contribution in [0.25, 0.3) is 10.7 Å². The predicted molar refractivity (Wildman–Crippen MR) is 107 cm³/mol. The van der Waals surface area contributed by atoms with Gasteiger partial charge in [-0.25, -0.2) is 4.68 Å². The van der Waals surface area contributed by atoms with Crippen LogP contribution in [0.3, 0.4) is 0 Å². The van der Waals surface area contributed by atoms with Crippen LogP contribution in [-0.2, 0) is 13.2 Å². The van der Waals surface area contributed by atoms with E-state index in [9.17, 15) is 0 Å². The molecule has 26 heavy (non-hydrogen) atoms. The maximum Gasteiger partial charge on any atom is 0.221 e. The quantitative estimate of drug-likeness (QED) is 0.557. The highest BCUT2D eigenvalue weighted by molar-refractivity contribution is 7.71. The smallest absolute Gasteiger partial charge is 0.221 e. The van der Waals surface area contributed by atoms with Gasteiger partial charge in [0.05, 0.1) is 4.88 Å². The lowest BCUT2D eigenvalue weighted by Crippen LogP contribution is -3.27. The molecule has 0 unspecified atom stereocenters. The van der Waals surface area contributed by atoms with E-state index < -0.39 is 0 Å². The van der Waals surface area contributed by atoms with E-state index in [-0.39, 0.29) is 0 Å². The standard InChI is InChI=1S/C18H20ClN5S2/c19-15-4-1-3-14(11-15)12-22-6-8-23(9-7-22)13-24-18(25)20-17(21-24)16-5-2-10-26-16/h1-5,10-11H,6-9,12-13H2,(H,20,21,25)/p+2. The maximum absolute atomic E-state index is 6.10. The first kappa shape index (κ1) is 17.9. The van der Waals surface area contributed by atoms with Crippen molar-refractivity contribution in [2.45, 2.75) is 13.2 Å². The summed E-state index contributed by atoms with van der Waals surface area (Å²) in [6, 6.07) is 12.3. The van der Waals surface area contributed by atoms with E-state index in [0.29, 0.717) is 4.77 Å². The number of aromatic amines is 1. The summed E-state index contributed by atoms with van der Waals surface area (Å²) in [4.78, 5) is 8.78. The van der Waals surface area contributed by atoms with E-state index in [4.69, 9.17) is 23.8 Å². The topological polar surface area (TPSA) is 42.5 Å². The van der Waals surface area contributed by atoms with Crippen LogP contribution in [0.15, 0.2) is 41.8 Å². The van der Waals surface area contributed by atoms with Crippen LogP contribution in [0.1, 0.15) is 5.56 Å². The number of hydrogen-bond acceptors (Lipinski definition) is 3. The Bertz CT molecular complexity index is 910. The van der Waals surface area contributed by atoms with Gasteiger partial charge in [0, 0.05) is 10.6 Å². The molecular formula is C18H22ClN5S2+2. The number of aromatic nitrogens is 3. The molecule has 136 valence electrons. The first-order chi connectivity index (χ1) is 12.7. The molecule has 1 aliphatic rings. The van der Waals surface area contributed by atoms with Crippen LogP contribution in [0.5, 0.6) is 0 Å². The predicted octanol–water partition coefficient (Wildman–Crippen LogP) is 1.26. The van der Waals surface area contributed by atoms with Gasteiger partial charge in [-0.3, -0.25) is 5.10 Å². The van der Waals surface area contributed by atoms with Crippen molar-refractivity contribution in [3.05, 3.63) is 57.1 Å². The van der Waals surface area contributed by atoms with E-state index >= 15 is 0 Å². The Labute approximate surface area is 166 Å². The minimum absolute atomic E-state index is 0.634. The molecule has 0 saturated carbocycles. The van der Waals surface area contributed by atoms with E-state index in [1.54, 1.807) is 16.2 Å². The van der Waals surface area contributed by atoms with Crippen molar-refractivity contribution in [3.8, 4) is 10.7 Å². The molecule has 1 fully saturated rings. The van der Waals surface area contributed by atoms with Gasteiger partial charge in [0.15, 0.2) is 12.5 Å². The second-order valence-electron chi connectivity index (χ2n) is 6.72. The van der Waals surface area contributed by atoms with Crippen LogP contribution in [0.2, 0.25) is 5.02 Å². The third-order valence-electron chi connectivity index (χ3n) is 4.82. The van der Waals surface area contributed by atoms with Gasteiger partial charge in [-0.15, -0.1) is 11.3 Å². The Hall–Kier alpha value is -1.51. The molecule has 3 aromatic rings. The number of thiophene rings is 1. The zero-order valence-corrected chi connectivity index (χ0v) is 16.8. The molecule has 4 rings (SSSR count). The highest BCUT2D eigenvalue weighted by Crippen LogP contribution is 2.20. The molecule has 8 heteroatoms. The highest BCUT2D eigenvalue weighted by atomic mass is 35.5. The van der Waals surface area contributed by atoms with Crippen LogP contribution in [-0.4, -0.2) is 40.9 Å². The van der Waals surface area contributed by atoms with E-state index in [1.165, 1.54) is 10.5 Å². The van der Waals surface area contributed by atoms with Gasteiger partial charge in [0.25, 0.3) is 0 Å². The third kappa shape index (κ3) is 4.24. The lowest BCUT2D eigenvalue weighted by atomic mass is 10.2. The molecule has 0 amide bonds. The minimum atomic E-state index is 0.634. The summed E-state index contributed by atoms with van der Waals surface area (Å²) >= 11 is 13.2. The van der Waals surface area contributed by atoms with Crippen molar-refractivity contribution in [2.75, 3.05) is 26.2 Å². The van der Waals surface area contributed by atoms with Crippen molar-refractivity contribution >= 4 is 35.2 Å². The summed E-state index contributed by atoms with van der Waals surface area (Å²) in [7, 11) is 0.